The first-order valence-electron chi connectivity index (χ1n) is 9.39. The summed E-state index contributed by atoms with van der Waals surface area (Å²) in [6.07, 6.45) is 0. The molecule has 4 rings (SSSR count). The van der Waals surface area contributed by atoms with Crippen LogP contribution >= 0.6 is 23.4 Å². The average Bonchev–Trinajstić information content (AvgIpc) is 2.94. The molecule has 1 aliphatic rings. The van der Waals surface area contributed by atoms with E-state index in [4.69, 9.17) is 11.6 Å². The highest BCUT2D eigenvalue weighted by molar-refractivity contribution is 8.04. The second-order valence-electron chi connectivity index (χ2n) is 7.04. The zero-order valence-corrected chi connectivity index (χ0v) is 18.1. The van der Waals surface area contributed by atoms with Crippen molar-refractivity contribution in [1.29, 1.82) is 0 Å². The topological polar surface area (TPSA) is 49.4 Å². The number of carbonyl (C=O) groups excluding carboxylic acids is 2. The quantitative estimate of drug-likeness (QED) is 0.504. The molecule has 0 bridgehead atoms. The fourth-order valence-corrected chi connectivity index (χ4v) is 4.19. The van der Waals surface area contributed by atoms with Crippen LogP contribution in [0.1, 0.15) is 11.1 Å². The lowest BCUT2D eigenvalue weighted by molar-refractivity contribution is -0.120. The molecular formula is C24H19ClN2O2S. The molecule has 0 saturated carbocycles. The molecule has 0 spiro atoms. The van der Waals surface area contributed by atoms with E-state index in [0.717, 1.165) is 16.0 Å². The Bertz CT molecular complexity index is 1150. The predicted octanol–water partition coefficient (Wildman–Crippen LogP) is 5.95. The molecule has 1 aliphatic heterocycles. The molecule has 0 atom stereocenters. The van der Waals surface area contributed by atoms with Crippen LogP contribution in [0.3, 0.4) is 0 Å². The second-order valence-corrected chi connectivity index (χ2v) is 8.56. The first-order valence-corrected chi connectivity index (χ1v) is 10.6. The monoisotopic (exact) mass is 434 g/mol. The number of thioether (sulfide) groups is 1. The fourth-order valence-electron chi connectivity index (χ4n) is 3.08. The van der Waals surface area contributed by atoms with Gasteiger partial charge in [-0.05, 0) is 56.3 Å². The highest BCUT2D eigenvalue weighted by Crippen LogP contribution is 2.38. The van der Waals surface area contributed by atoms with Gasteiger partial charge in [-0.25, -0.2) is 4.90 Å². The summed E-state index contributed by atoms with van der Waals surface area (Å²) in [6.45, 7) is 3.96. The van der Waals surface area contributed by atoms with Crippen molar-refractivity contribution >= 4 is 46.6 Å². The minimum Gasteiger partial charge on any atom is -0.350 e. The van der Waals surface area contributed by atoms with E-state index in [-0.39, 0.29) is 11.6 Å². The summed E-state index contributed by atoms with van der Waals surface area (Å²) in [5, 5.41) is 3.66. The molecule has 0 saturated heterocycles. The van der Waals surface area contributed by atoms with E-state index in [9.17, 15) is 9.59 Å². The summed E-state index contributed by atoms with van der Waals surface area (Å²) < 4.78 is 0. The van der Waals surface area contributed by atoms with Gasteiger partial charge in [0.05, 0.1) is 5.69 Å². The minimum absolute atomic E-state index is 0.244. The molecule has 150 valence electrons. The van der Waals surface area contributed by atoms with Crippen LogP contribution in [0, 0.1) is 13.8 Å². The lowest BCUT2D eigenvalue weighted by Crippen LogP contribution is -2.32. The van der Waals surface area contributed by atoms with Gasteiger partial charge < -0.3 is 5.32 Å². The smallest absolute Gasteiger partial charge is 0.283 e. The van der Waals surface area contributed by atoms with Crippen molar-refractivity contribution in [1.82, 2.24) is 0 Å². The van der Waals surface area contributed by atoms with Gasteiger partial charge >= 0.3 is 0 Å². The fraction of sp³-hybridized carbons (Fsp3) is 0.0833. The summed E-state index contributed by atoms with van der Waals surface area (Å²) in [5.41, 5.74) is 3.61. The van der Waals surface area contributed by atoms with E-state index < -0.39 is 5.91 Å². The normalized spacial score (nSPS) is 13.9. The SMILES string of the molecule is Cc1ccc(SC2=C(Nc3cccc(Cl)c3)C(=O)N(c3ccc(C)cc3)C2=O)cc1. The average molecular weight is 435 g/mol. The van der Waals surface area contributed by atoms with Crippen molar-refractivity contribution < 1.29 is 9.59 Å². The highest BCUT2D eigenvalue weighted by atomic mass is 35.5. The first kappa shape index (κ1) is 20.3. The largest absolute Gasteiger partial charge is 0.350 e. The van der Waals surface area contributed by atoms with E-state index in [1.165, 1.54) is 16.7 Å². The van der Waals surface area contributed by atoms with Gasteiger partial charge in [-0.15, -0.1) is 0 Å². The maximum absolute atomic E-state index is 13.3. The van der Waals surface area contributed by atoms with Crippen LogP contribution in [0.5, 0.6) is 0 Å². The Kier molecular flexibility index (Phi) is 5.66. The van der Waals surface area contributed by atoms with Gasteiger partial charge in [-0.3, -0.25) is 9.59 Å². The number of hydrogen-bond donors (Lipinski definition) is 1. The molecule has 4 nitrogen and oxygen atoms in total. The third-order valence-electron chi connectivity index (χ3n) is 4.67. The Labute approximate surface area is 184 Å². The van der Waals surface area contributed by atoms with Crippen molar-refractivity contribution in [3.05, 3.63) is 99.5 Å². The van der Waals surface area contributed by atoms with Crippen molar-refractivity contribution in [2.24, 2.45) is 0 Å². The zero-order chi connectivity index (χ0) is 21.3. The summed E-state index contributed by atoms with van der Waals surface area (Å²) in [5.74, 6) is -0.739. The number of anilines is 2. The van der Waals surface area contributed by atoms with Crippen molar-refractivity contribution in [2.45, 2.75) is 18.7 Å². The van der Waals surface area contributed by atoms with Crippen LogP contribution in [0.4, 0.5) is 11.4 Å². The highest BCUT2D eigenvalue weighted by Gasteiger charge is 2.40. The standard InChI is InChI=1S/C24H19ClN2O2S/c1-15-6-10-19(11-7-15)27-23(28)21(26-18-5-3-4-17(25)14-18)22(24(27)29)30-20-12-8-16(2)9-13-20/h3-14,26H,1-2H3. The molecule has 3 aromatic carbocycles. The molecule has 30 heavy (non-hydrogen) atoms. The number of hydrogen-bond acceptors (Lipinski definition) is 4. The number of carbonyl (C=O) groups is 2. The number of benzene rings is 3. The van der Waals surface area contributed by atoms with Crippen molar-refractivity contribution in [3.63, 3.8) is 0 Å². The third-order valence-corrected chi connectivity index (χ3v) is 5.99. The van der Waals surface area contributed by atoms with E-state index in [1.54, 1.807) is 36.4 Å². The molecule has 1 N–H and O–H groups in total. The van der Waals surface area contributed by atoms with Crippen molar-refractivity contribution in [2.75, 3.05) is 10.2 Å². The van der Waals surface area contributed by atoms with Gasteiger partial charge in [-0.2, -0.15) is 0 Å². The molecule has 6 heteroatoms. The van der Waals surface area contributed by atoms with Gasteiger partial charge in [0.1, 0.15) is 10.6 Å². The van der Waals surface area contributed by atoms with Gasteiger partial charge in [0.25, 0.3) is 11.8 Å². The zero-order valence-electron chi connectivity index (χ0n) is 16.5. The minimum atomic E-state index is -0.390. The number of amides is 2. The lowest BCUT2D eigenvalue weighted by atomic mass is 10.2. The maximum Gasteiger partial charge on any atom is 0.283 e. The molecule has 3 aromatic rings. The molecule has 1 heterocycles. The molecule has 0 radical (unpaired) electrons. The number of nitrogens with one attached hydrogen (secondary N) is 1. The van der Waals surface area contributed by atoms with E-state index in [1.807, 2.05) is 50.2 Å². The van der Waals surface area contributed by atoms with Crippen molar-refractivity contribution in [3.8, 4) is 0 Å². The summed E-state index contributed by atoms with van der Waals surface area (Å²) >= 11 is 7.37. The van der Waals surface area contributed by atoms with Gasteiger partial charge in [0, 0.05) is 15.6 Å². The Morgan fingerprint density at radius 3 is 2.10 bits per heavy atom. The summed E-state index contributed by atoms with van der Waals surface area (Å²) in [4.78, 5) is 29.0. The number of rotatable bonds is 5. The third kappa shape index (κ3) is 4.13. The second kappa shape index (κ2) is 8.38. The Hall–Kier alpha value is -3.02. The summed E-state index contributed by atoms with van der Waals surface area (Å²) in [7, 11) is 0. The van der Waals surface area contributed by atoms with E-state index in [0.29, 0.717) is 21.3 Å². The van der Waals surface area contributed by atoms with Crippen LogP contribution in [-0.4, -0.2) is 11.8 Å². The molecule has 0 aromatic heterocycles. The lowest BCUT2D eigenvalue weighted by Gasteiger charge is -2.15. The van der Waals surface area contributed by atoms with Crippen LogP contribution in [0.15, 0.2) is 88.3 Å². The van der Waals surface area contributed by atoms with Crippen LogP contribution in [0.25, 0.3) is 0 Å². The van der Waals surface area contributed by atoms with Gasteiger partial charge in [0.2, 0.25) is 0 Å². The maximum atomic E-state index is 13.3. The van der Waals surface area contributed by atoms with Gasteiger partial charge in [-0.1, -0.05) is 64.8 Å². The number of imide groups is 1. The number of aryl methyl sites for hydroxylation is 2. The molecule has 0 fully saturated rings. The van der Waals surface area contributed by atoms with E-state index in [2.05, 4.69) is 5.32 Å². The van der Waals surface area contributed by atoms with Crippen LogP contribution in [0.2, 0.25) is 5.02 Å². The predicted molar refractivity (Wildman–Crippen MR) is 123 cm³/mol. The van der Waals surface area contributed by atoms with Crippen LogP contribution < -0.4 is 10.2 Å². The number of nitrogens with zero attached hydrogens (tertiary/aromatic N) is 1. The molecular weight excluding hydrogens is 416 g/mol. The van der Waals surface area contributed by atoms with E-state index >= 15 is 0 Å². The first-order chi connectivity index (χ1) is 14.4. The Balaban J connectivity index is 1.74. The summed E-state index contributed by atoms with van der Waals surface area (Å²) in [6, 6.07) is 22.2. The van der Waals surface area contributed by atoms with Crippen LogP contribution in [-0.2, 0) is 9.59 Å². The Morgan fingerprint density at radius 1 is 0.833 bits per heavy atom. The van der Waals surface area contributed by atoms with Gasteiger partial charge in [0.15, 0.2) is 0 Å². The molecule has 0 unspecified atom stereocenters. The molecule has 2 amide bonds. The Morgan fingerprint density at radius 2 is 1.47 bits per heavy atom. The number of halogens is 1. The molecule has 0 aliphatic carbocycles.